The second-order valence-corrected chi connectivity index (χ2v) is 6.17. The lowest BCUT2D eigenvalue weighted by molar-refractivity contribution is -0.122. The predicted octanol–water partition coefficient (Wildman–Crippen LogP) is 2.70. The van der Waals surface area contributed by atoms with Crippen LogP contribution >= 0.6 is 0 Å². The molecule has 1 aliphatic rings. The first-order chi connectivity index (χ1) is 12.2. The fourth-order valence-corrected chi connectivity index (χ4v) is 3.20. The molecule has 5 heteroatoms. The Morgan fingerprint density at radius 3 is 2.36 bits per heavy atom. The van der Waals surface area contributed by atoms with Gasteiger partial charge in [-0.15, -0.1) is 0 Å². The number of nitrogens with two attached hydrogens (primary N) is 1. The lowest BCUT2D eigenvalue weighted by Gasteiger charge is -2.33. The molecule has 1 atom stereocenters. The van der Waals surface area contributed by atoms with Gasteiger partial charge in [0.05, 0.1) is 5.92 Å². The molecule has 2 rings (SSSR count). The fourth-order valence-electron chi connectivity index (χ4n) is 3.20. The number of carbonyl (C=O) groups is 2. The van der Waals surface area contributed by atoms with Crippen molar-refractivity contribution in [2.45, 2.75) is 45.4 Å². The molecule has 1 aromatic rings. The van der Waals surface area contributed by atoms with Crippen LogP contribution in [0.4, 0.5) is 5.69 Å². The minimum absolute atomic E-state index is 0.0386. The number of nitrogens with zero attached hydrogens (tertiary/aromatic N) is 1. The largest absolute Gasteiger partial charge is 0.372 e. The monoisotopic (exact) mass is 347 g/mol. The smallest absolute Gasteiger partial charge is 0.227 e. The summed E-state index contributed by atoms with van der Waals surface area (Å²) in [6, 6.07) is 8.17. The summed E-state index contributed by atoms with van der Waals surface area (Å²) in [5.41, 5.74) is 7.90. The molecule has 0 saturated carbocycles. The normalized spacial score (nSPS) is 15.8. The summed E-state index contributed by atoms with van der Waals surface area (Å²) in [6.07, 6.45) is 4.08. The number of aldehydes is 1. The van der Waals surface area contributed by atoms with Crippen molar-refractivity contribution in [1.82, 2.24) is 5.32 Å². The molecule has 0 spiro atoms. The Morgan fingerprint density at radius 1 is 1.28 bits per heavy atom. The summed E-state index contributed by atoms with van der Waals surface area (Å²) in [6.45, 7) is 6.84. The molecule has 0 aliphatic carbocycles. The molecular formula is C20H33N3O2. The van der Waals surface area contributed by atoms with Gasteiger partial charge in [0.25, 0.3) is 0 Å². The van der Waals surface area contributed by atoms with Gasteiger partial charge in [-0.2, -0.15) is 0 Å². The Balaban J connectivity index is 0.00000151. The van der Waals surface area contributed by atoms with Gasteiger partial charge in [-0.05, 0) is 49.4 Å². The second-order valence-electron chi connectivity index (χ2n) is 6.17. The Labute approximate surface area is 152 Å². The average molecular weight is 348 g/mol. The molecule has 25 heavy (non-hydrogen) atoms. The van der Waals surface area contributed by atoms with E-state index in [0.29, 0.717) is 18.8 Å². The van der Waals surface area contributed by atoms with Crippen LogP contribution in [0.5, 0.6) is 0 Å². The number of piperidine rings is 1. The van der Waals surface area contributed by atoms with Crippen molar-refractivity contribution < 1.29 is 9.59 Å². The standard InChI is InChI=1S/C18H27N3O2.C2H6/c1-20-18(23)17(3-2-12-22)15-4-6-16(7-5-15)21-10-8-14(13-19)9-11-21;1-2/h4-7,12,14,17H,2-3,8-11,13,19H2,1H3,(H,20,23);1-2H3. The summed E-state index contributed by atoms with van der Waals surface area (Å²) in [4.78, 5) is 25.0. The Bertz CT molecular complexity index is 508. The quantitative estimate of drug-likeness (QED) is 0.744. The Hall–Kier alpha value is -1.88. The number of anilines is 1. The van der Waals surface area contributed by atoms with Crippen LogP contribution in [-0.4, -0.2) is 38.9 Å². The molecule has 0 bridgehead atoms. The SMILES string of the molecule is CC.CNC(=O)C(CCC=O)c1ccc(N2CCC(CN)CC2)cc1. The molecule has 1 heterocycles. The lowest BCUT2D eigenvalue weighted by atomic mass is 9.92. The van der Waals surface area contributed by atoms with E-state index in [4.69, 9.17) is 5.73 Å². The van der Waals surface area contributed by atoms with E-state index in [-0.39, 0.29) is 11.8 Å². The second kappa shape index (κ2) is 11.6. The first-order valence-electron chi connectivity index (χ1n) is 9.39. The summed E-state index contributed by atoms with van der Waals surface area (Å²) in [5, 5.41) is 2.68. The van der Waals surface area contributed by atoms with Crippen molar-refractivity contribution >= 4 is 17.9 Å². The third-order valence-corrected chi connectivity index (χ3v) is 4.74. The topological polar surface area (TPSA) is 75.4 Å². The molecule has 5 nitrogen and oxygen atoms in total. The summed E-state index contributed by atoms with van der Waals surface area (Å²) in [5.74, 6) is 0.345. The highest BCUT2D eigenvalue weighted by Gasteiger charge is 2.21. The molecule has 1 fully saturated rings. The van der Waals surface area contributed by atoms with Crippen LogP contribution in [0, 0.1) is 5.92 Å². The molecule has 1 unspecified atom stereocenters. The Morgan fingerprint density at radius 2 is 1.88 bits per heavy atom. The summed E-state index contributed by atoms with van der Waals surface area (Å²) >= 11 is 0. The molecule has 0 radical (unpaired) electrons. The van der Waals surface area contributed by atoms with E-state index >= 15 is 0 Å². The zero-order chi connectivity index (χ0) is 18.7. The van der Waals surface area contributed by atoms with Crippen molar-refractivity contribution in [2.75, 3.05) is 31.6 Å². The van der Waals surface area contributed by atoms with Crippen molar-refractivity contribution in [1.29, 1.82) is 0 Å². The lowest BCUT2D eigenvalue weighted by Crippen LogP contribution is -2.36. The summed E-state index contributed by atoms with van der Waals surface area (Å²) in [7, 11) is 1.63. The summed E-state index contributed by atoms with van der Waals surface area (Å²) < 4.78 is 0. The van der Waals surface area contributed by atoms with E-state index in [2.05, 4.69) is 22.3 Å². The maximum absolute atomic E-state index is 12.0. The maximum Gasteiger partial charge on any atom is 0.227 e. The van der Waals surface area contributed by atoms with Crippen LogP contribution in [0.25, 0.3) is 0 Å². The highest BCUT2D eigenvalue weighted by Crippen LogP contribution is 2.27. The predicted molar refractivity (Wildman–Crippen MR) is 104 cm³/mol. The molecule has 3 N–H and O–H groups in total. The van der Waals surface area contributed by atoms with E-state index in [9.17, 15) is 9.59 Å². The number of hydrogen-bond acceptors (Lipinski definition) is 4. The third-order valence-electron chi connectivity index (χ3n) is 4.74. The van der Waals surface area contributed by atoms with Gasteiger partial charge in [-0.3, -0.25) is 4.79 Å². The molecular weight excluding hydrogens is 314 g/mol. The van der Waals surface area contributed by atoms with Crippen LogP contribution in [-0.2, 0) is 9.59 Å². The first kappa shape index (κ1) is 21.2. The number of likely N-dealkylation sites (N-methyl/N-ethyl adjacent to an activating group) is 1. The number of carbonyl (C=O) groups excluding carboxylic acids is 2. The van der Waals surface area contributed by atoms with Crippen LogP contribution in [0.15, 0.2) is 24.3 Å². The van der Waals surface area contributed by atoms with Crippen LogP contribution in [0.1, 0.15) is 51.0 Å². The van der Waals surface area contributed by atoms with Gasteiger partial charge < -0.3 is 20.7 Å². The van der Waals surface area contributed by atoms with Crippen LogP contribution in [0.2, 0.25) is 0 Å². The number of rotatable bonds is 7. The van der Waals surface area contributed by atoms with E-state index in [1.807, 2.05) is 26.0 Å². The van der Waals surface area contributed by atoms with Crippen molar-refractivity contribution in [3.05, 3.63) is 29.8 Å². The number of hydrogen-bond donors (Lipinski definition) is 2. The highest BCUT2D eigenvalue weighted by atomic mass is 16.1. The fraction of sp³-hybridized carbons (Fsp3) is 0.600. The average Bonchev–Trinajstić information content (AvgIpc) is 2.70. The van der Waals surface area contributed by atoms with Gasteiger partial charge in [-0.1, -0.05) is 26.0 Å². The number of amides is 1. The highest BCUT2D eigenvalue weighted by molar-refractivity contribution is 5.83. The van der Waals surface area contributed by atoms with Gasteiger partial charge >= 0.3 is 0 Å². The van der Waals surface area contributed by atoms with Gasteiger partial charge in [-0.25, -0.2) is 0 Å². The zero-order valence-electron chi connectivity index (χ0n) is 15.8. The van der Waals surface area contributed by atoms with Crippen LogP contribution in [0.3, 0.4) is 0 Å². The molecule has 1 saturated heterocycles. The van der Waals surface area contributed by atoms with Crippen LogP contribution < -0.4 is 16.0 Å². The minimum atomic E-state index is -0.262. The minimum Gasteiger partial charge on any atom is -0.372 e. The number of nitrogens with one attached hydrogen (secondary N) is 1. The van der Waals surface area contributed by atoms with E-state index < -0.39 is 0 Å². The molecule has 0 aromatic heterocycles. The van der Waals surface area contributed by atoms with Crippen molar-refractivity contribution in [3.63, 3.8) is 0 Å². The van der Waals surface area contributed by atoms with E-state index in [1.54, 1.807) is 7.05 Å². The van der Waals surface area contributed by atoms with Gasteiger partial charge in [0.2, 0.25) is 5.91 Å². The molecule has 1 aromatic carbocycles. The first-order valence-corrected chi connectivity index (χ1v) is 9.39. The third kappa shape index (κ3) is 6.16. The number of benzene rings is 1. The van der Waals surface area contributed by atoms with E-state index in [0.717, 1.165) is 44.3 Å². The van der Waals surface area contributed by atoms with Crippen molar-refractivity contribution in [2.24, 2.45) is 11.7 Å². The molecule has 1 amide bonds. The molecule has 1 aliphatic heterocycles. The Kier molecular flexibility index (Phi) is 9.85. The van der Waals surface area contributed by atoms with Crippen molar-refractivity contribution in [3.8, 4) is 0 Å². The van der Waals surface area contributed by atoms with Gasteiger partial charge in [0.15, 0.2) is 0 Å². The van der Waals surface area contributed by atoms with Gasteiger partial charge in [0.1, 0.15) is 6.29 Å². The molecule has 140 valence electrons. The zero-order valence-corrected chi connectivity index (χ0v) is 15.8. The van der Waals surface area contributed by atoms with Gasteiger partial charge in [0, 0.05) is 32.2 Å². The maximum atomic E-state index is 12.0. The van der Waals surface area contributed by atoms with E-state index in [1.165, 1.54) is 5.69 Å².